The molecule has 8 heteroatoms. The van der Waals surface area contributed by atoms with E-state index in [0.717, 1.165) is 0 Å². The molecule has 0 bridgehead atoms. The number of hydrogen-bond donors (Lipinski definition) is 7. The molecular weight excluding hydrogens is 452 g/mol. The number of ketones is 1. The summed E-state index contributed by atoms with van der Waals surface area (Å²) < 4.78 is 0. The molecule has 0 heterocycles. The molecular formula is C27H44O8. The average molecular weight is 497 g/mol. The standard InChI is InChI=1S/C27H44O8/c1-22(2,32)9-8-20(30)25(5,33)19-7-11-26(34)16-12-21(31)27(35)14-18(29)17(28)13-24(27,4)15(16)6-10-23(19,26)3/h12,15,17-20,28-30,32-35H,6-11,13-14H2,1-5H3/t15-,17-,18+,19-,20+,23+,24+,25+,26-,27-/m0/s1. The van der Waals surface area contributed by atoms with Gasteiger partial charge in [-0.15, -0.1) is 0 Å². The molecule has 7 N–H and O–H groups in total. The van der Waals surface area contributed by atoms with Crippen molar-refractivity contribution in [2.24, 2.45) is 22.7 Å². The Hall–Kier alpha value is -0.870. The summed E-state index contributed by atoms with van der Waals surface area (Å²) in [6.07, 6.45) is 0.0884. The van der Waals surface area contributed by atoms with Crippen molar-refractivity contribution < 1.29 is 40.5 Å². The van der Waals surface area contributed by atoms with E-state index in [2.05, 4.69) is 0 Å². The Labute approximate surface area is 207 Å². The van der Waals surface area contributed by atoms with Crippen LogP contribution in [-0.4, -0.2) is 82.2 Å². The third kappa shape index (κ3) is 3.70. The van der Waals surface area contributed by atoms with Crippen molar-refractivity contribution in [3.8, 4) is 0 Å². The molecule has 4 rings (SSSR count). The molecule has 0 saturated heterocycles. The van der Waals surface area contributed by atoms with Gasteiger partial charge in [-0.2, -0.15) is 0 Å². The van der Waals surface area contributed by atoms with E-state index < -0.39 is 63.2 Å². The number of fused-ring (bicyclic) bond motifs is 5. The third-order valence-corrected chi connectivity index (χ3v) is 10.7. The fourth-order valence-electron chi connectivity index (χ4n) is 8.31. The summed E-state index contributed by atoms with van der Waals surface area (Å²) in [5.41, 5.74) is -7.07. The van der Waals surface area contributed by atoms with Gasteiger partial charge in [0.25, 0.3) is 0 Å². The molecule has 4 aliphatic carbocycles. The quantitative estimate of drug-likeness (QED) is 0.297. The van der Waals surface area contributed by atoms with E-state index in [4.69, 9.17) is 0 Å². The minimum atomic E-state index is -1.82. The van der Waals surface area contributed by atoms with Gasteiger partial charge >= 0.3 is 0 Å². The van der Waals surface area contributed by atoms with E-state index in [0.29, 0.717) is 37.7 Å². The van der Waals surface area contributed by atoms with Gasteiger partial charge in [0.1, 0.15) is 5.60 Å². The molecule has 0 aromatic rings. The number of aliphatic hydroxyl groups is 7. The van der Waals surface area contributed by atoms with Gasteiger partial charge in [0.15, 0.2) is 5.78 Å². The number of carbonyl (C=O) groups is 1. The maximum atomic E-state index is 13.3. The van der Waals surface area contributed by atoms with Crippen molar-refractivity contribution in [3.05, 3.63) is 11.6 Å². The highest BCUT2D eigenvalue weighted by Gasteiger charge is 2.71. The first-order valence-electron chi connectivity index (χ1n) is 13.0. The third-order valence-electron chi connectivity index (χ3n) is 10.7. The van der Waals surface area contributed by atoms with Crippen molar-refractivity contribution in [2.45, 2.75) is 127 Å². The second kappa shape index (κ2) is 8.06. The molecule has 8 nitrogen and oxygen atoms in total. The first-order valence-corrected chi connectivity index (χ1v) is 13.0. The van der Waals surface area contributed by atoms with Crippen LogP contribution in [0, 0.1) is 22.7 Å². The Kier molecular flexibility index (Phi) is 6.26. The molecule has 200 valence electrons. The van der Waals surface area contributed by atoms with Crippen LogP contribution in [0.2, 0.25) is 0 Å². The molecule has 10 atom stereocenters. The highest BCUT2D eigenvalue weighted by Crippen LogP contribution is 2.69. The number of rotatable bonds is 5. The molecule has 3 fully saturated rings. The summed E-state index contributed by atoms with van der Waals surface area (Å²) in [4.78, 5) is 13.3. The second-order valence-corrected chi connectivity index (χ2v) is 13.3. The maximum Gasteiger partial charge on any atom is 0.187 e. The SMILES string of the molecule is CC(C)(O)CC[C@@H](O)[C@](C)(O)[C@H]1CC[C@]2(O)C3=CC(=O)[C@@]4(O)C[C@@H](O)[C@@H](O)C[C@]4(C)[C@H]3CC[C@]12C. The van der Waals surface area contributed by atoms with Crippen molar-refractivity contribution in [3.63, 3.8) is 0 Å². The van der Waals surface area contributed by atoms with Gasteiger partial charge in [0.2, 0.25) is 0 Å². The number of carbonyl (C=O) groups excluding carboxylic acids is 1. The first kappa shape index (κ1) is 27.2. The van der Waals surface area contributed by atoms with Crippen LogP contribution < -0.4 is 0 Å². The van der Waals surface area contributed by atoms with Crippen LogP contribution in [0.4, 0.5) is 0 Å². The molecule has 0 amide bonds. The minimum Gasteiger partial charge on any atom is -0.390 e. The topological polar surface area (TPSA) is 159 Å². The zero-order valence-electron chi connectivity index (χ0n) is 21.7. The van der Waals surface area contributed by atoms with E-state index >= 15 is 0 Å². The second-order valence-electron chi connectivity index (χ2n) is 13.3. The molecule has 3 saturated carbocycles. The van der Waals surface area contributed by atoms with Crippen LogP contribution in [0.3, 0.4) is 0 Å². The zero-order chi connectivity index (χ0) is 26.4. The Morgan fingerprint density at radius 1 is 0.971 bits per heavy atom. The summed E-state index contributed by atoms with van der Waals surface area (Å²) in [6, 6.07) is 0. The molecule has 0 aromatic carbocycles. The lowest BCUT2D eigenvalue weighted by Crippen LogP contribution is -2.69. The van der Waals surface area contributed by atoms with Crippen LogP contribution in [-0.2, 0) is 4.79 Å². The van der Waals surface area contributed by atoms with E-state index in [-0.39, 0.29) is 25.2 Å². The summed E-state index contributed by atoms with van der Waals surface area (Å²) >= 11 is 0. The lowest BCUT2D eigenvalue weighted by molar-refractivity contribution is -0.211. The highest BCUT2D eigenvalue weighted by molar-refractivity contribution is 6.00. The molecule has 0 unspecified atom stereocenters. The van der Waals surface area contributed by atoms with Gasteiger partial charge in [0, 0.05) is 17.3 Å². The summed E-state index contributed by atoms with van der Waals surface area (Å²) in [5.74, 6) is -1.38. The summed E-state index contributed by atoms with van der Waals surface area (Å²) in [7, 11) is 0. The van der Waals surface area contributed by atoms with E-state index in [1.165, 1.54) is 6.08 Å². The Morgan fingerprint density at radius 3 is 2.17 bits per heavy atom. The highest BCUT2D eigenvalue weighted by atomic mass is 16.3. The fraction of sp³-hybridized carbons (Fsp3) is 0.889. The van der Waals surface area contributed by atoms with Crippen LogP contribution in [0.25, 0.3) is 0 Å². The van der Waals surface area contributed by atoms with E-state index in [9.17, 15) is 40.5 Å². The lowest BCUT2D eigenvalue weighted by Gasteiger charge is -2.62. The van der Waals surface area contributed by atoms with Crippen molar-refractivity contribution in [1.82, 2.24) is 0 Å². The molecule has 0 aromatic heterocycles. The fourth-order valence-corrected chi connectivity index (χ4v) is 8.31. The first-order chi connectivity index (χ1) is 15.8. The van der Waals surface area contributed by atoms with Crippen LogP contribution >= 0.6 is 0 Å². The van der Waals surface area contributed by atoms with Crippen molar-refractivity contribution >= 4 is 5.78 Å². The number of hydrogen-bond acceptors (Lipinski definition) is 8. The predicted molar refractivity (Wildman–Crippen MR) is 128 cm³/mol. The van der Waals surface area contributed by atoms with Crippen LogP contribution in [0.1, 0.15) is 86.0 Å². The maximum absolute atomic E-state index is 13.3. The normalized spacial score (nSPS) is 48.3. The van der Waals surface area contributed by atoms with Crippen LogP contribution in [0.5, 0.6) is 0 Å². The van der Waals surface area contributed by atoms with Gasteiger partial charge in [-0.05, 0) is 89.2 Å². The van der Waals surface area contributed by atoms with Crippen molar-refractivity contribution in [1.29, 1.82) is 0 Å². The van der Waals surface area contributed by atoms with Gasteiger partial charge in [-0.25, -0.2) is 0 Å². The number of aliphatic hydroxyl groups excluding tert-OH is 3. The van der Waals surface area contributed by atoms with Gasteiger partial charge in [-0.1, -0.05) is 13.8 Å². The summed E-state index contributed by atoms with van der Waals surface area (Å²) in [5, 5.41) is 77.0. The average Bonchev–Trinajstić information content (AvgIpc) is 3.01. The molecule has 0 radical (unpaired) electrons. The van der Waals surface area contributed by atoms with E-state index in [1.807, 2.05) is 6.92 Å². The van der Waals surface area contributed by atoms with Crippen molar-refractivity contribution in [2.75, 3.05) is 0 Å². The van der Waals surface area contributed by atoms with Gasteiger partial charge in [0.05, 0.1) is 35.1 Å². The predicted octanol–water partition coefficient (Wildman–Crippen LogP) is 0.969. The Balaban J connectivity index is 1.70. The van der Waals surface area contributed by atoms with Gasteiger partial charge in [-0.3, -0.25) is 4.79 Å². The molecule has 4 aliphatic rings. The Morgan fingerprint density at radius 2 is 1.57 bits per heavy atom. The smallest absolute Gasteiger partial charge is 0.187 e. The molecule has 0 aliphatic heterocycles. The lowest BCUT2D eigenvalue weighted by atomic mass is 9.44. The molecule has 35 heavy (non-hydrogen) atoms. The van der Waals surface area contributed by atoms with E-state index in [1.54, 1.807) is 27.7 Å². The summed E-state index contributed by atoms with van der Waals surface area (Å²) in [6.45, 7) is 8.58. The minimum absolute atomic E-state index is 0.0437. The van der Waals surface area contributed by atoms with Crippen LogP contribution in [0.15, 0.2) is 11.6 Å². The monoisotopic (exact) mass is 496 g/mol. The largest absolute Gasteiger partial charge is 0.390 e. The molecule has 0 spiro atoms. The zero-order valence-corrected chi connectivity index (χ0v) is 21.7. The Bertz CT molecular complexity index is 907. The van der Waals surface area contributed by atoms with Gasteiger partial charge < -0.3 is 35.7 Å².